The highest BCUT2D eigenvalue weighted by Crippen LogP contribution is 2.18. The van der Waals surface area contributed by atoms with Gasteiger partial charge in [-0.05, 0) is 44.7 Å². The van der Waals surface area contributed by atoms with E-state index in [9.17, 15) is 5.11 Å². The molecule has 0 aromatic carbocycles. The largest absolute Gasteiger partial charge is 0.461 e. The van der Waals surface area contributed by atoms with Gasteiger partial charge in [-0.25, -0.2) is 9.98 Å². The Morgan fingerprint density at radius 2 is 2.20 bits per heavy atom. The number of hydrogen-bond acceptors (Lipinski definition) is 5. The molecule has 2 heterocycles. The smallest absolute Gasteiger partial charge is 0.216 e. The number of nitrogens with zero attached hydrogens (tertiary/aromatic N) is 3. The van der Waals surface area contributed by atoms with E-state index in [2.05, 4.69) is 30.8 Å². The molecule has 0 unspecified atom stereocenters. The van der Waals surface area contributed by atoms with Crippen LogP contribution in [-0.2, 0) is 6.54 Å². The fourth-order valence-corrected chi connectivity index (χ4v) is 2.77. The SMILES string of the molecule is CCNC(=NCc1nc(-c2ccco2)n[nH]1)NC1CCC(O)CC1.I. The van der Waals surface area contributed by atoms with Gasteiger partial charge in [0.05, 0.1) is 12.4 Å². The molecule has 0 aliphatic heterocycles. The van der Waals surface area contributed by atoms with Crippen molar-refractivity contribution in [2.75, 3.05) is 6.54 Å². The Morgan fingerprint density at radius 1 is 1.40 bits per heavy atom. The first-order valence-electron chi connectivity index (χ1n) is 8.42. The van der Waals surface area contributed by atoms with Crippen molar-refractivity contribution >= 4 is 29.9 Å². The summed E-state index contributed by atoms with van der Waals surface area (Å²) in [7, 11) is 0. The van der Waals surface area contributed by atoms with Crippen molar-refractivity contribution in [1.82, 2.24) is 25.8 Å². The molecule has 4 N–H and O–H groups in total. The number of nitrogens with one attached hydrogen (secondary N) is 3. The van der Waals surface area contributed by atoms with Gasteiger partial charge in [0, 0.05) is 12.6 Å². The fraction of sp³-hybridized carbons (Fsp3) is 0.562. The summed E-state index contributed by atoms with van der Waals surface area (Å²) >= 11 is 0. The molecule has 0 bridgehead atoms. The Kier molecular flexibility index (Phi) is 7.69. The summed E-state index contributed by atoms with van der Waals surface area (Å²) in [5.41, 5.74) is 0. The fourth-order valence-electron chi connectivity index (χ4n) is 2.77. The number of H-pyrrole nitrogens is 1. The van der Waals surface area contributed by atoms with E-state index in [-0.39, 0.29) is 30.1 Å². The van der Waals surface area contributed by atoms with Gasteiger partial charge in [0.25, 0.3) is 0 Å². The number of guanidine groups is 1. The number of halogens is 1. The zero-order valence-corrected chi connectivity index (χ0v) is 16.6. The molecule has 1 saturated carbocycles. The molecule has 2 aromatic rings. The van der Waals surface area contributed by atoms with E-state index in [1.165, 1.54) is 0 Å². The third kappa shape index (κ3) is 5.70. The summed E-state index contributed by atoms with van der Waals surface area (Å²) in [6.07, 6.45) is 5.03. The highest BCUT2D eigenvalue weighted by Gasteiger charge is 2.20. The molecule has 1 fully saturated rings. The van der Waals surface area contributed by atoms with Gasteiger partial charge >= 0.3 is 0 Å². The zero-order chi connectivity index (χ0) is 16.8. The van der Waals surface area contributed by atoms with Crippen LogP contribution >= 0.6 is 24.0 Å². The highest BCUT2D eigenvalue weighted by molar-refractivity contribution is 14.0. The van der Waals surface area contributed by atoms with Gasteiger partial charge in [-0.1, -0.05) is 0 Å². The predicted molar refractivity (Wildman–Crippen MR) is 106 cm³/mol. The zero-order valence-electron chi connectivity index (χ0n) is 14.2. The van der Waals surface area contributed by atoms with Crippen molar-refractivity contribution < 1.29 is 9.52 Å². The van der Waals surface area contributed by atoms with Gasteiger partial charge in [0.1, 0.15) is 12.4 Å². The van der Waals surface area contributed by atoms with Crippen LogP contribution in [0.3, 0.4) is 0 Å². The molecule has 0 spiro atoms. The minimum Gasteiger partial charge on any atom is -0.461 e. The van der Waals surface area contributed by atoms with Crippen molar-refractivity contribution in [3.63, 3.8) is 0 Å². The lowest BCUT2D eigenvalue weighted by Gasteiger charge is -2.27. The molecule has 8 nitrogen and oxygen atoms in total. The van der Waals surface area contributed by atoms with Gasteiger partial charge < -0.3 is 20.2 Å². The first-order chi connectivity index (χ1) is 11.7. The van der Waals surface area contributed by atoms with Crippen molar-refractivity contribution in [2.45, 2.75) is 51.3 Å². The van der Waals surface area contributed by atoms with E-state index in [0.29, 0.717) is 30.0 Å². The molecule has 1 aliphatic rings. The normalized spacial score (nSPS) is 20.8. The van der Waals surface area contributed by atoms with Crippen LogP contribution in [0.5, 0.6) is 0 Å². The van der Waals surface area contributed by atoms with E-state index in [1.54, 1.807) is 12.3 Å². The number of aliphatic hydroxyl groups is 1. The van der Waals surface area contributed by atoms with E-state index >= 15 is 0 Å². The van der Waals surface area contributed by atoms with Gasteiger partial charge in [-0.2, -0.15) is 0 Å². The van der Waals surface area contributed by atoms with Crippen molar-refractivity contribution in [3.8, 4) is 11.6 Å². The topological polar surface area (TPSA) is 111 Å². The molecule has 3 rings (SSSR count). The molecule has 138 valence electrons. The maximum atomic E-state index is 9.60. The minimum absolute atomic E-state index is 0. The summed E-state index contributed by atoms with van der Waals surface area (Å²) < 4.78 is 5.28. The molecule has 25 heavy (non-hydrogen) atoms. The van der Waals surface area contributed by atoms with Gasteiger partial charge in [0.2, 0.25) is 5.82 Å². The average Bonchev–Trinajstić information content (AvgIpc) is 3.26. The Hall–Kier alpha value is -1.62. The summed E-state index contributed by atoms with van der Waals surface area (Å²) in [5.74, 6) is 2.60. The molecule has 0 atom stereocenters. The van der Waals surface area contributed by atoms with E-state index < -0.39 is 0 Å². The number of hydrogen-bond donors (Lipinski definition) is 4. The second kappa shape index (κ2) is 9.76. The monoisotopic (exact) mass is 460 g/mol. The van der Waals surface area contributed by atoms with Crippen LogP contribution in [0.25, 0.3) is 11.6 Å². The number of aromatic nitrogens is 3. The minimum atomic E-state index is -0.156. The Labute approximate surface area is 163 Å². The predicted octanol–water partition coefficient (Wildman–Crippen LogP) is 2.04. The number of aliphatic hydroxyl groups excluding tert-OH is 1. The lowest BCUT2D eigenvalue weighted by molar-refractivity contribution is 0.120. The lowest BCUT2D eigenvalue weighted by atomic mass is 9.93. The number of rotatable bonds is 5. The second-order valence-corrected chi connectivity index (χ2v) is 5.93. The molecule has 0 amide bonds. The molecule has 1 aliphatic carbocycles. The van der Waals surface area contributed by atoms with E-state index in [4.69, 9.17) is 4.42 Å². The molecule has 0 saturated heterocycles. The van der Waals surface area contributed by atoms with Crippen LogP contribution in [0.1, 0.15) is 38.4 Å². The molecule has 2 aromatic heterocycles. The Bertz CT molecular complexity index is 649. The summed E-state index contributed by atoms with van der Waals surface area (Å²) in [4.78, 5) is 8.94. The summed E-state index contributed by atoms with van der Waals surface area (Å²) in [6.45, 7) is 3.22. The maximum Gasteiger partial charge on any atom is 0.216 e. The standard InChI is InChI=1S/C16H24N6O2.HI/c1-2-17-16(19-11-5-7-12(23)8-6-11)18-10-14-20-15(22-21-14)13-4-3-9-24-13;/h3-4,9,11-12,23H,2,5-8,10H2,1H3,(H2,17,18,19)(H,20,21,22);1H. The van der Waals surface area contributed by atoms with E-state index in [1.807, 2.05) is 13.0 Å². The van der Waals surface area contributed by atoms with Gasteiger partial charge in [-0.15, -0.1) is 29.1 Å². The van der Waals surface area contributed by atoms with Crippen molar-refractivity contribution in [3.05, 3.63) is 24.2 Å². The lowest BCUT2D eigenvalue weighted by Crippen LogP contribution is -2.45. The van der Waals surface area contributed by atoms with E-state index in [0.717, 1.165) is 38.2 Å². The van der Waals surface area contributed by atoms with Crippen LogP contribution in [0, 0.1) is 0 Å². The molecule has 0 radical (unpaired) electrons. The quantitative estimate of drug-likeness (QED) is 0.309. The number of aromatic amines is 1. The Morgan fingerprint density at radius 3 is 2.88 bits per heavy atom. The van der Waals surface area contributed by atoms with Gasteiger partial charge in [0.15, 0.2) is 11.7 Å². The molecule has 9 heteroatoms. The van der Waals surface area contributed by atoms with Crippen molar-refractivity contribution in [1.29, 1.82) is 0 Å². The van der Waals surface area contributed by atoms with Crippen LogP contribution in [0.4, 0.5) is 0 Å². The molecular weight excluding hydrogens is 435 g/mol. The highest BCUT2D eigenvalue weighted by atomic mass is 127. The maximum absolute atomic E-state index is 9.60. The van der Waals surface area contributed by atoms with Crippen molar-refractivity contribution in [2.24, 2.45) is 4.99 Å². The summed E-state index contributed by atoms with van der Waals surface area (Å²) in [5, 5.41) is 23.3. The number of furan rings is 1. The van der Waals surface area contributed by atoms with Crippen LogP contribution in [0.2, 0.25) is 0 Å². The molecular formula is C16H25IN6O2. The Balaban J connectivity index is 0.00000225. The van der Waals surface area contributed by atoms with Gasteiger partial charge in [-0.3, -0.25) is 5.10 Å². The average molecular weight is 460 g/mol. The first kappa shape index (κ1) is 19.7. The summed E-state index contributed by atoms with van der Waals surface area (Å²) in [6, 6.07) is 3.97. The van der Waals surface area contributed by atoms with Crippen LogP contribution in [0.15, 0.2) is 27.8 Å². The first-order valence-corrected chi connectivity index (χ1v) is 8.42. The van der Waals surface area contributed by atoms with Crippen LogP contribution in [-0.4, -0.2) is 44.9 Å². The third-order valence-corrected chi connectivity index (χ3v) is 4.04. The second-order valence-electron chi connectivity index (χ2n) is 5.93. The third-order valence-electron chi connectivity index (χ3n) is 4.04. The number of aliphatic imine (C=N–C) groups is 1. The van der Waals surface area contributed by atoms with Crippen LogP contribution < -0.4 is 10.6 Å².